The summed E-state index contributed by atoms with van der Waals surface area (Å²) in [5.41, 5.74) is -2.72. The van der Waals surface area contributed by atoms with Crippen LogP contribution >= 0.6 is 0 Å². The molecule has 0 spiro atoms. The van der Waals surface area contributed by atoms with E-state index in [1.807, 2.05) is 13.0 Å². The predicted molar refractivity (Wildman–Crippen MR) is 130 cm³/mol. The number of carbonyl (C=O) groups excluding carboxylic acids is 1. The van der Waals surface area contributed by atoms with E-state index >= 15 is 0 Å². The van der Waals surface area contributed by atoms with Gasteiger partial charge in [-0.2, -0.15) is 0 Å². The van der Waals surface area contributed by atoms with E-state index in [4.69, 9.17) is 18.9 Å². The van der Waals surface area contributed by atoms with Crippen LogP contribution in [0.3, 0.4) is 0 Å². The van der Waals surface area contributed by atoms with Gasteiger partial charge in [-0.25, -0.2) is 0 Å². The molecule has 4 aliphatic carbocycles. The molecule has 0 aromatic heterocycles. The Morgan fingerprint density at radius 3 is 2.64 bits per heavy atom. The molecule has 0 amide bonds. The van der Waals surface area contributed by atoms with Crippen LogP contribution in [0.4, 0.5) is 0 Å². The highest BCUT2D eigenvalue weighted by molar-refractivity contribution is 5.97. The van der Waals surface area contributed by atoms with E-state index in [-0.39, 0.29) is 64.7 Å². The van der Waals surface area contributed by atoms with Crippen molar-refractivity contribution in [1.29, 1.82) is 0 Å². The van der Waals surface area contributed by atoms with Crippen LogP contribution in [-0.2, 0) is 23.7 Å². The summed E-state index contributed by atoms with van der Waals surface area (Å²) in [6, 6.07) is 0. The topological polar surface area (TPSA) is 101 Å². The Labute approximate surface area is 213 Å². The minimum absolute atomic E-state index is 0.0264. The average molecular weight is 503 g/mol. The lowest BCUT2D eigenvalue weighted by molar-refractivity contribution is -0.220. The van der Waals surface area contributed by atoms with Crippen molar-refractivity contribution in [2.24, 2.45) is 40.4 Å². The number of allylic oxidation sites excluding steroid dienone is 1. The van der Waals surface area contributed by atoms with Crippen molar-refractivity contribution in [1.82, 2.24) is 0 Å². The zero-order valence-corrected chi connectivity index (χ0v) is 22.4. The van der Waals surface area contributed by atoms with Crippen molar-refractivity contribution in [3.63, 3.8) is 0 Å². The smallest absolute Gasteiger partial charge is 0.189 e. The molecule has 15 unspecified atom stereocenters. The molecule has 7 rings (SSSR count). The Morgan fingerprint density at radius 2 is 1.92 bits per heavy atom. The summed E-state index contributed by atoms with van der Waals surface area (Å²) >= 11 is 0. The number of ketones is 1. The number of ether oxygens (including phenoxy) is 4. The minimum Gasteiger partial charge on any atom is -0.393 e. The fraction of sp³-hybridized carbons (Fsp3) is 0.897. The van der Waals surface area contributed by atoms with Crippen LogP contribution in [-0.4, -0.2) is 70.6 Å². The van der Waals surface area contributed by atoms with Gasteiger partial charge >= 0.3 is 0 Å². The van der Waals surface area contributed by atoms with Gasteiger partial charge in [0.1, 0.15) is 22.9 Å². The number of hydrogen-bond acceptors (Lipinski definition) is 7. The monoisotopic (exact) mass is 502 g/mol. The zero-order valence-electron chi connectivity index (χ0n) is 22.4. The molecule has 7 aliphatic rings. The molecule has 3 saturated carbocycles. The van der Waals surface area contributed by atoms with Gasteiger partial charge in [0.25, 0.3) is 0 Å². The van der Waals surface area contributed by atoms with Gasteiger partial charge in [-0.15, -0.1) is 0 Å². The molecule has 15 atom stereocenters. The third-order valence-corrected chi connectivity index (χ3v) is 12.8. The van der Waals surface area contributed by atoms with Crippen molar-refractivity contribution in [2.45, 2.75) is 114 Å². The largest absolute Gasteiger partial charge is 0.393 e. The van der Waals surface area contributed by atoms with Crippen LogP contribution in [0.5, 0.6) is 0 Å². The zero-order chi connectivity index (χ0) is 25.6. The number of fused-ring (bicyclic) bond motifs is 9. The Bertz CT molecular complexity index is 1030. The summed E-state index contributed by atoms with van der Waals surface area (Å²) in [5, 5.41) is 23.4. The fourth-order valence-corrected chi connectivity index (χ4v) is 10.5. The highest BCUT2D eigenvalue weighted by Crippen LogP contribution is 2.72. The SMILES string of the molecule is COC1OC(C(C)C2C(O)CC3C4C5OC5C5(O)CC=CC(=O)C5(C)C4CCC32C)CC2(C)OC12C. The Balaban J connectivity index is 1.20. The molecule has 36 heavy (non-hydrogen) atoms. The third-order valence-electron chi connectivity index (χ3n) is 12.8. The van der Waals surface area contributed by atoms with Gasteiger partial charge in [0.05, 0.1) is 23.7 Å². The Morgan fingerprint density at radius 1 is 1.17 bits per heavy atom. The summed E-state index contributed by atoms with van der Waals surface area (Å²) in [6.07, 6.45) is 6.04. The normalized spacial score (nSPS) is 63.4. The van der Waals surface area contributed by atoms with Gasteiger partial charge in [-0.05, 0) is 87.5 Å². The first-order chi connectivity index (χ1) is 16.9. The summed E-state index contributed by atoms with van der Waals surface area (Å²) < 4.78 is 24.6. The molecule has 3 saturated heterocycles. The Hall–Kier alpha value is -0.830. The fourth-order valence-electron chi connectivity index (χ4n) is 10.5. The second kappa shape index (κ2) is 7.02. The van der Waals surface area contributed by atoms with E-state index in [1.54, 1.807) is 13.2 Å². The number of carbonyl (C=O) groups is 1. The molecule has 2 N–H and O–H groups in total. The van der Waals surface area contributed by atoms with E-state index in [9.17, 15) is 15.0 Å². The average Bonchev–Trinajstić information content (AvgIpc) is 3.69. The van der Waals surface area contributed by atoms with E-state index in [2.05, 4.69) is 27.7 Å². The van der Waals surface area contributed by atoms with E-state index < -0.39 is 29.0 Å². The first-order valence-corrected chi connectivity index (χ1v) is 14.0. The third kappa shape index (κ3) is 2.59. The summed E-state index contributed by atoms with van der Waals surface area (Å²) in [5.74, 6) is 0.716. The molecular formula is C29H42O7. The number of rotatable bonds is 3. The van der Waals surface area contributed by atoms with Crippen molar-refractivity contribution in [2.75, 3.05) is 7.11 Å². The number of epoxide rings is 2. The number of methoxy groups -OCH3 is 1. The maximum absolute atomic E-state index is 13.3. The van der Waals surface area contributed by atoms with Crippen LogP contribution < -0.4 is 0 Å². The van der Waals surface area contributed by atoms with Gasteiger partial charge in [-0.3, -0.25) is 4.79 Å². The summed E-state index contributed by atoms with van der Waals surface area (Å²) in [7, 11) is 1.67. The number of aliphatic hydroxyl groups excluding tert-OH is 1. The van der Waals surface area contributed by atoms with Crippen LogP contribution in [0, 0.1) is 40.4 Å². The standard InChI is InChI=1S/C29H42O7/c1-14(18-13-26(3)28(5,36-26)24(33-6)34-18)21-17(30)12-16-20-15(9-11-25(16,21)2)27(4)19(31)8-7-10-29(27,32)23-22(20)35-23/h7-8,14-18,20-24,30,32H,9-13H2,1-6H3. The van der Waals surface area contributed by atoms with Crippen LogP contribution in [0.2, 0.25) is 0 Å². The van der Waals surface area contributed by atoms with Crippen molar-refractivity contribution in [3.8, 4) is 0 Å². The number of aliphatic hydroxyl groups is 2. The molecule has 3 aliphatic heterocycles. The molecule has 0 radical (unpaired) electrons. The van der Waals surface area contributed by atoms with E-state index in [0.29, 0.717) is 12.8 Å². The summed E-state index contributed by atoms with van der Waals surface area (Å²) in [4.78, 5) is 13.3. The Kier molecular flexibility index (Phi) is 4.73. The van der Waals surface area contributed by atoms with Gasteiger partial charge in [0.2, 0.25) is 0 Å². The molecule has 0 aromatic rings. The maximum atomic E-state index is 13.3. The molecule has 200 valence electrons. The second-order valence-corrected chi connectivity index (χ2v) is 14.0. The second-order valence-electron chi connectivity index (χ2n) is 14.0. The minimum atomic E-state index is -1.13. The van der Waals surface area contributed by atoms with Crippen molar-refractivity contribution < 1.29 is 34.0 Å². The predicted octanol–water partition coefficient (Wildman–Crippen LogP) is 3.01. The first kappa shape index (κ1) is 24.2. The van der Waals surface area contributed by atoms with E-state index in [0.717, 1.165) is 19.3 Å². The quantitative estimate of drug-likeness (QED) is 0.572. The molecule has 7 nitrogen and oxygen atoms in total. The lowest BCUT2D eigenvalue weighted by Gasteiger charge is -2.60. The molecular weight excluding hydrogens is 460 g/mol. The lowest BCUT2D eigenvalue weighted by atomic mass is 9.43. The molecule has 0 bridgehead atoms. The van der Waals surface area contributed by atoms with Crippen LogP contribution in [0.15, 0.2) is 12.2 Å². The lowest BCUT2D eigenvalue weighted by Crippen LogP contribution is -2.67. The molecule has 7 heteroatoms. The highest BCUT2D eigenvalue weighted by atomic mass is 16.7. The maximum Gasteiger partial charge on any atom is 0.189 e. The van der Waals surface area contributed by atoms with E-state index in [1.165, 1.54) is 0 Å². The van der Waals surface area contributed by atoms with Crippen LogP contribution in [0.25, 0.3) is 0 Å². The highest BCUT2D eigenvalue weighted by Gasteiger charge is 2.78. The number of hydrogen-bond donors (Lipinski definition) is 2. The van der Waals surface area contributed by atoms with Crippen molar-refractivity contribution >= 4 is 5.78 Å². The molecule has 6 fully saturated rings. The first-order valence-electron chi connectivity index (χ1n) is 14.0. The molecule has 3 heterocycles. The summed E-state index contributed by atoms with van der Waals surface area (Å²) in [6.45, 7) is 10.8. The van der Waals surface area contributed by atoms with Gasteiger partial charge in [0.15, 0.2) is 12.1 Å². The molecule has 0 aromatic carbocycles. The van der Waals surface area contributed by atoms with Gasteiger partial charge < -0.3 is 29.2 Å². The van der Waals surface area contributed by atoms with Gasteiger partial charge in [-0.1, -0.05) is 19.9 Å². The van der Waals surface area contributed by atoms with Crippen LogP contribution in [0.1, 0.15) is 66.7 Å². The van der Waals surface area contributed by atoms with Crippen molar-refractivity contribution in [3.05, 3.63) is 12.2 Å². The van der Waals surface area contributed by atoms with Gasteiger partial charge in [0, 0.05) is 13.5 Å².